The second kappa shape index (κ2) is 5.40. The van der Waals surface area contributed by atoms with E-state index in [-0.39, 0.29) is 23.8 Å². The van der Waals surface area contributed by atoms with Gasteiger partial charge in [0.15, 0.2) is 0 Å². The summed E-state index contributed by atoms with van der Waals surface area (Å²) in [7, 11) is 0. The van der Waals surface area contributed by atoms with Crippen LogP contribution in [0.15, 0.2) is 9.85 Å². The number of nitrogens with two attached hydrogens (primary N) is 1. The third-order valence-corrected chi connectivity index (χ3v) is 5.68. The molecule has 1 saturated carbocycles. The first-order valence-corrected chi connectivity index (χ1v) is 7.51. The summed E-state index contributed by atoms with van der Waals surface area (Å²) in [5.74, 6) is -0.675. The van der Waals surface area contributed by atoms with Gasteiger partial charge in [-0.2, -0.15) is 0 Å². The van der Waals surface area contributed by atoms with Gasteiger partial charge in [0.2, 0.25) is 5.91 Å². The third kappa shape index (κ3) is 2.59. The number of halogens is 1. The highest BCUT2D eigenvalue weighted by Gasteiger charge is 2.33. The first-order chi connectivity index (χ1) is 8.50. The monoisotopic (exact) mass is 330 g/mol. The fourth-order valence-electron chi connectivity index (χ4n) is 2.29. The Morgan fingerprint density at radius 3 is 2.78 bits per heavy atom. The third-order valence-electron chi connectivity index (χ3n) is 3.30. The lowest BCUT2D eigenvalue weighted by Crippen LogP contribution is -2.42. The minimum absolute atomic E-state index is 0.121. The number of nitrogens with one attached hydrogen (secondary N) is 1. The number of primary amides is 1. The minimum atomic E-state index is -0.320. The van der Waals surface area contributed by atoms with Crippen molar-refractivity contribution in [3.63, 3.8) is 0 Å². The first kappa shape index (κ1) is 13.5. The van der Waals surface area contributed by atoms with Crippen molar-refractivity contribution in [3.8, 4) is 0 Å². The number of hydrogen-bond donors (Lipinski definition) is 2. The maximum absolute atomic E-state index is 12.1. The zero-order valence-electron chi connectivity index (χ0n) is 10.0. The molecule has 1 aliphatic carbocycles. The molecule has 98 valence electrons. The molecule has 1 heterocycles. The van der Waals surface area contributed by atoms with Crippen molar-refractivity contribution in [2.24, 2.45) is 11.7 Å². The summed E-state index contributed by atoms with van der Waals surface area (Å²) >= 11 is 4.80. The number of rotatable bonds is 3. The van der Waals surface area contributed by atoms with Gasteiger partial charge in [0, 0.05) is 10.5 Å². The largest absolute Gasteiger partial charge is 0.369 e. The molecule has 1 fully saturated rings. The van der Waals surface area contributed by atoms with Gasteiger partial charge >= 0.3 is 0 Å². The maximum atomic E-state index is 12.1. The Morgan fingerprint density at radius 2 is 2.22 bits per heavy atom. The van der Waals surface area contributed by atoms with E-state index in [0.29, 0.717) is 4.88 Å². The summed E-state index contributed by atoms with van der Waals surface area (Å²) in [6, 6.07) is -0.121. The first-order valence-electron chi connectivity index (χ1n) is 5.84. The molecule has 0 unspecified atom stereocenters. The van der Waals surface area contributed by atoms with Crippen LogP contribution in [0.25, 0.3) is 0 Å². The van der Waals surface area contributed by atoms with Crippen LogP contribution in [-0.2, 0) is 4.79 Å². The fourth-order valence-corrected chi connectivity index (χ4v) is 3.86. The second-order valence-electron chi connectivity index (χ2n) is 4.58. The van der Waals surface area contributed by atoms with Crippen LogP contribution in [0, 0.1) is 12.8 Å². The molecule has 2 amide bonds. The topological polar surface area (TPSA) is 72.2 Å². The molecule has 2 atom stereocenters. The van der Waals surface area contributed by atoms with Crippen molar-refractivity contribution < 1.29 is 9.59 Å². The van der Waals surface area contributed by atoms with Crippen LogP contribution in [-0.4, -0.2) is 17.9 Å². The number of thiophene rings is 1. The van der Waals surface area contributed by atoms with Gasteiger partial charge in [-0.15, -0.1) is 11.3 Å². The molecule has 1 aliphatic rings. The van der Waals surface area contributed by atoms with Crippen molar-refractivity contribution in [1.29, 1.82) is 0 Å². The molecule has 2 rings (SSSR count). The van der Waals surface area contributed by atoms with E-state index in [1.54, 1.807) is 0 Å². The number of amides is 2. The van der Waals surface area contributed by atoms with Gasteiger partial charge in [0.1, 0.15) is 4.88 Å². The lowest BCUT2D eigenvalue weighted by molar-refractivity contribution is -0.122. The van der Waals surface area contributed by atoms with E-state index in [1.807, 2.05) is 12.3 Å². The predicted octanol–water partition coefficient (Wildman–Crippen LogP) is 2.20. The molecular weight excluding hydrogens is 316 g/mol. The van der Waals surface area contributed by atoms with Crippen LogP contribution in [0.5, 0.6) is 0 Å². The highest BCUT2D eigenvalue weighted by molar-refractivity contribution is 9.10. The summed E-state index contributed by atoms with van der Waals surface area (Å²) in [5, 5.41) is 4.85. The quantitative estimate of drug-likeness (QED) is 0.891. The van der Waals surface area contributed by atoms with Crippen LogP contribution in [0.4, 0.5) is 0 Å². The molecule has 1 aromatic heterocycles. The molecule has 18 heavy (non-hydrogen) atoms. The lowest BCUT2D eigenvalue weighted by atomic mass is 10.0. The smallest absolute Gasteiger partial charge is 0.262 e. The fraction of sp³-hybridized carbons (Fsp3) is 0.500. The molecule has 0 aliphatic heterocycles. The van der Waals surface area contributed by atoms with E-state index in [9.17, 15) is 9.59 Å². The van der Waals surface area contributed by atoms with E-state index >= 15 is 0 Å². The molecule has 4 nitrogen and oxygen atoms in total. The molecule has 0 aromatic carbocycles. The summed E-state index contributed by atoms with van der Waals surface area (Å²) in [5.41, 5.74) is 6.38. The van der Waals surface area contributed by atoms with E-state index in [1.165, 1.54) is 11.3 Å². The van der Waals surface area contributed by atoms with Gasteiger partial charge in [0.05, 0.1) is 5.92 Å². The molecule has 0 radical (unpaired) electrons. The predicted molar refractivity (Wildman–Crippen MR) is 74.5 cm³/mol. The number of hydrogen-bond acceptors (Lipinski definition) is 3. The summed E-state index contributed by atoms with van der Waals surface area (Å²) in [6.45, 7) is 1.94. The van der Waals surface area contributed by atoms with Crippen molar-refractivity contribution in [2.45, 2.75) is 32.2 Å². The number of aryl methyl sites for hydroxylation is 1. The highest BCUT2D eigenvalue weighted by atomic mass is 79.9. The van der Waals surface area contributed by atoms with Crippen molar-refractivity contribution in [1.82, 2.24) is 5.32 Å². The van der Waals surface area contributed by atoms with E-state index in [2.05, 4.69) is 21.2 Å². The molecule has 0 bridgehead atoms. The Labute approximate surface area is 118 Å². The van der Waals surface area contributed by atoms with Crippen LogP contribution >= 0.6 is 27.3 Å². The summed E-state index contributed by atoms with van der Waals surface area (Å²) in [4.78, 5) is 24.0. The van der Waals surface area contributed by atoms with Gasteiger partial charge in [-0.1, -0.05) is 6.42 Å². The zero-order valence-corrected chi connectivity index (χ0v) is 12.4. The summed E-state index contributed by atoms with van der Waals surface area (Å²) < 4.78 is 0.832. The Balaban J connectivity index is 2.08. The van der Waals surface area contributed by atoms with Crippen LogP contribution < -0.4 is 11.1 Å². The maximum Gasteiger partial charge on any atom is 0.262 e. The van der Waals surface area contributed by atoms with Crippen LogP contribution in [0.3, 0.4) is 0 Å². The molecular formula is C12H15BrN2O2S. The van der Waals surface area contributed by atoms with Gasteiger partial charge in [-0.25, -0.2) is 0 Å². The number of carbonyl (C=O) groups is 2. The highest BCUT2D eigenvalue weighted by Crippen LogP contribution is 2.29. The Hall–Kier alpha value is -0.880. The standard InChI is InChI=1S/C12H15BrN2O2S/c1-6-5-18-10(9(6)13)12(17)15-8-4-2-3-7(8)11(14)16/h5,7-8H,2-4H2,1H3,(H2,14,16)(H,15,17)/t7-,8-/m0/s1. The SMILES string of the molecule is Cc1csc(C(=O)N[C@H]2CCC[C@@H]2C(N)=O)c1Br. The van der Waals surface area contributed by atoms with E-state index < -0.39 is 0 Å². The van der Waals surface area contributed by atoms with Gasteiger partial charge in [0.25, 0.3) is 5.91 Å². The van der Waals surface area contributed by atoms with Crippen molar-refractivity contribution >= 4 is 39.1 Å². The minimum Gasteiger partial charge on any atom is -0.369 e. The van der Waals surface area contributed by atoms with E-state index in [4.69, 9.17) is 5.73 Å². The van der Waals surface area contributed by atoms with Crippen LogP contribution in [0.1, 0.15) is 34.5 Å². The summed E-state index contributed by atoms with van der Waals surface area (Å²) in [6.07, 6.45) is 2.52. The molecule has 3 N–H and O–H groups in total. The molecule has 0 spiro atoms. The number of carbonyl (C=O) groups excluding carboxylic acids is 2. The molecule has 0 saturated heterocycles. The zero-order chi connectivity index (χ0) is 13.3. The van der Waals surface area contributed by atoms with Crippen molar-refractivity contribution in [2.75, 3.05) is 0 Å². The van der Waals surface area contributed by atoms with Gasteiger partial charge in [-0.05, 0) is 46.6 Å². The average Bonchev–Trinajstić information content (AvgIpc) is 2.88. The lowest BCUT2D eigenvalue weighted by Gasteiger charge is -2.17. The molecule has 1 aromatic rings. The average molecular weight is 331 g/mol. The Kier molecular flexibility index (Phi) is 4.07. The van der Waals surface area contributed by atoms with E-state index in [0.717, 1.165) is 29.3 Å². The Morgan fingerprint density at radius 1 is 1.50 bits per heavy atom. The Bertz CT molecular complexity index is 486. The van der Waals surface area contributed by atoms with Crippen LogP contribution in [0.2, 0.25) is 0 Å². The van der Waals surface area contributed by atoms with Gasteiger partial charge < -0.3 is 11.1 Å². The second-order valence-corrected chi connectivity index (χ2v) is 6.25. The van der Waals surface area contributed by atoms with Crippen molar-refractivity contribution in [3.05, 3.63) is 20.3 Å². The normalized spacial score (nSPS) is 23.0. The molecule has 6 heteroatoms. The van der Waals surface area contributed by atoms with Gasteiger partial charge in [-0.3, -0.25) is 9.59 Å².